The number of hydrogen-bond donors (Lipinski definition) is 2. The molecule has 0 spiro atoms. The number of nitriles is 1. The first-order valence-corrected chi connectivity index (χ1v) is 8.52. The second-order valence-corrected chi connectivity index (χ2v) is 5.81. The van der Waals surface area contributed by atoms with Crippen molar-refractivity contribution < 1.29 is 0 Å². The van der Waals surface area contributed by atoms with E-state index in [4.69, 9.17) is 5.26 Å². The molecule has 5 nitrogen and oxygen atoms in total. The van der Waals surface area contributed by atoms with Gasteiger partial charge in [-0.1, -0.05) is 19.1 Å². The second kappa shape index (κ2) is 11.3. The number of likely N-dealkylation sites (tertiary alicyclic amines) is 1. The molecule has 1 aromatic carbocycles. The molecule has 24 heavy (non-hydrogen) atoms. The zero-order valence-electron chi connectivity index (χ0n) is 14.6. The van der Waals surface area contributed by atoms with Crippen molar-refractivity contribution >= 4 is 29.9 Å². The molecule has 6 heteroatoms. The Balaban J connectivity index is 0.00000288. The molecule has 0 radical (unpaired) electrons. The largest absolute Gasteiger partial charge is 0.357 e. The molecule has 2 rings (SSSR count). The standard InChI is InChI=1S/C18H27N5.HI/c1-3-20-18(22-14-17-6-5-11-23(17)4-2)21-13-16-9-7-15(12-19)8-10-16;/h7-10,17H,3-6,11,13-14H2,1-2H3,(H2,20,21,22);1H. The molecule has 0 saturated carbocycles. The highest BCUT2D eigenvalue weighted by molar-refractivity contribution is 14.0. The van der Waals surface area contributed by atoms with Gasteiger partial charge in [-0.15, -0.1) is 24.0 Å². The summed E-state index contributed by atoms with van der Waals surface area (Å²) in [7, 11) is 0. The Kier molecular flexibility index (Phi) is 9.72. The van der Waals surface area contributed by atoms with Crippen molar-refractivity contribution in [3.05, 3.63) is 35.4 Å². The van der Waals surface area contributed by atoms with Gasteiger partial charge in [-0.3, -0.25) is 4.90 Å². The normalized spacial score (nSPS) is 17.9. The van der Waals surface area contributed by atoms with Crippen LogP contribution in [0.3, 0.4) is 0 Å². The lowest BCUT2D eigenvalue weighted by Crippen LogP contribution is -2.44. The summed E-state index contributed by atoms with van der Waals surface area (Å²) in [4.78, 5) is 7.17. The van der Waals surface area contributed by atoms with Crippen LogP contribution in [0.15, 0.2) is 29.3 Å². The van der Waals surface area contributed by atoms with E-state index in [0.29, 0.717) is 18.2 Å². The number of rotatable bonds is 6. The maximum absolute atomic E-state index is 8.83. The second-order valence-electron chi connectivity index (χ2n) is 5.81. The maximum atomic E-state index is 8.83. The van der Waals surface area contributed by atoms with Crippen molar-refractivity contribution in [2.24, 2.45) is 4.99 Å². The fourth-order valence-corrected chi connectivity index (χ4v) is 2.95. The van der Waals surface area contributed by atoms with E-state index in [0.717, 1.165) is 31.2 Å². The van der Waals surface area contributed by atoms with Gasteiger partial charge in [0.15, 0.2) is 5.96 Å². The summed E-state index contributed by atoms with van der Waals surface area (Å²) < 4.78 is 0. The van der Waals surface area contributed by atoms with Crippen molar-refractivity contribution in [1.29, 1.82) is 5.26 Å². The zero-order valence-corrected chi connectivity index (χ0v) is 16.9. The molecule has 1 heterocycles. The van der Waals surface area contributed by atoms with Gasteiger partial charge in [0.05, 0.1) is 18.2 Å². The van der Waals surface area contributed by atoms with Gasteiger partial charge in [0.2, 0.25) is 0 Å². The topological polar surface area (TPSA) is 63.5 Å². The minimum Gasteiger partial charge on any atom is -0.357 e. The van der Waals surface area contributed by atoms with Crippen LogP contribution in [0.5, 0.6) is 0 Å². The van der Waals surface area contributed by atoms with E-state index in [9.17, 15) is 0 Å². The van der Waals surface area contributed by atoms with Gasteiger partial charge < -0.3 is 10.6 Å². The van der Waals surface area contributed by atoms with Crippen molar-refractivity contribution in [2.45, 2.75) is 39.3 Å². The molecule has 0 aromatic heterocycles. The minimum absolute atomic E-state index is 0. The Morgan fingerprint density at radius 3 is 2.67 bits per heavy atom. The van der Waals surface area contributed by atoms with Gasteiger partial charge in [0.1, 0.15) is 0 Å². The first-order valence-electron chi connectivity index (χ1n) is 8.52. The van der Waals surface area contributed by atoms with Crippen LogP contribution in [0, 0.1) is 11.3 Å². The molecule has 1 aliphatic rings. The predicted molar refractivity (Wildman–Crippen MR) is 110 cm³/mol. The van der Waals surface area contributed by atoms with Gasteiger partial charge in [0.25, 0.3) is 0 Å². The molecular formula is C18H28IN5. The molecule has 1 saturated heterocycles. The molecule has 0 amide bonds. The highest BCUT2D eigenvalue weighted by atomic mass is 127. The molecule has 0 aliphatic carbocycles. The Labute approximate surface area is 162 Å². The van der Waals surface area contributed by atoms with Crippen LogP contribution in [0.25, 0.3) is 0 Å². The highest BCUT2D eigenvalue weighted by Crippen LogP contribution is 2.15. The molecular weight excluding hydrogens is 413 g/mol. The average Bonchev–Trinajstić information content (AvgIpc) is 3.05. The van der Waals surface area contributed by atoms with Crippen LogP contribution >= 0.6 is 24.0 Å². The van der Waals surface area contributed by atoms with Crippen LogP contribution in [-0.2, 0) is 6.54 Å². The Hall–Kier alpha value is -1.33. The molecule has 1 unspecified atom stereocenters. The summed E-state index contributed by atoms with van der Waals surface area (Å²) in [5.41, 5.74) is 1.79. The van der Waals surface area contributed by atoms with Crippen LogP contribution in [0.2, 0.25) is 0 Å². The third kappa shape index (κ3) is 6.29. The summed E-state index contributed by atoms with van der Waals surface area (Å²) >= 11 is 0. The van der Waals surface area contributed by atoms with Gasteiger partial charge in [-0.25, -0.2) is 4.99 Å². The Morgan fingerprint density at radius 2 is 2.04 bits per heavy atom. The summed E-state index contributed by atoms with van der Waals surface area (Å²) in [5.74, 6) is 0.861. The van der Waals surface area contributed by atoms with E-state index < -0.39 is 0 Å². The Bertz CT molecular complexity index is 550. The number of nitrogens with zero attached hydrogens (tertiary/aromatic N) is 3. The van der Waals surface area contributed by atoms with Gasteiger partial charge in [0, 0.05) is 19.1 Å². The summed E-state index contributed by atoms with van der Waals surface area (Å²) in [5, 5.41) is 15.6. The molecule has 2 N–H and O–H groups in total. The van der Waals surface area contributed by atoms with Gasteiger partial charge >= 0.3 is 0 Å². The van der Waals surface area contributed by atoms with Crippen LogP contribution in [-0.4, -0.2) is 43.1 Å². The molecule has 0 bridgehead atoms. The van der Waals surface area contributed by atoms with E-state index in [1.165, 1.54) is 19.4 Å². The number of nitrogens with one attached hydrogen (secondary N) is 2. The molecule has 1 fully saturated rings. The lowest BCUT2D eigenvalue weighted by atomic mass is 10.1. The highest BCUT2D eigenvalue weighted by Gasteiger charge is 2.22. The fourth-order valence-electron chi connectivity index (χ4n) is 2.95. The van der Waals surface area contributed by atoms with Crippen molar-refractivity contribution in [2.75, 3.05) is 26.2 Å². The number of aliphatic imine (C=N–C) groups is 1. The quantitative estimate of drug-likeness (QED) is 0.405. The monoisotopic (exact) mass is 441 g/mol. The summed E-state index contributed by atoms with van der Waals surface area (Å²) in [6, 6.07) is 10.3. The number of benzene rings is 1. The Morgan fingerprint density at radius 1 is 1.29 bits per heavy atom. The van der Waals surface area contributed by atoms with Gasteiger partial charge in [-0.05, 0) is 50.6 Å². The third-order valence-electron chi connectivity index (χ3n) is 4.26. The predicted octanol–water partition coefficient (Wildman–Crippen LogP) is 2.72. The average molecular weight is 441 g/mol. The zero-order chi connectivity index (χ0) is 16.5. The van der Waals surface area contributed by atoms with E-state index >= 15 is 0 Å². The molecule has 1 atom stereocenters. The van der Waals surface area contributed by atoms with E-state index in [1.807, 2.05) is 24.3 Å². The van der Waals surface area contributed by atoms with Crippen molar-refractivity contribution in [1.82, 2.24) is 15.5 Å². The van der Waals surface area contributed by atoms with Crippen molar-refractivity contribution in [3.63, 3.8) is 0 Å². The van der Waals surface area contributed by atoms with Gasteiger partial charge in [-0.2, -0.15) is 5.26 Å². The number of likely N-dealkylation sites (N-methyl/N-ethyl adjacent to an activating group) is 1. The van der Waals surface area contributed by atoms with E-state index in [1.54, 1.807) is 0 Å². The maximum Gasteiger partial charge on any atom is 0.191 e. The summed E-state index contributed by atoms with van der Waals surface area (Å²) in [6.07, 6.45) is 2.55. The van der Waals surface area contributed by atoms with Crippen molar-refractivity contribution in [3.8, 4) is 6.07 Å². The van der Waals surface area contributed by atoms with E-state index in [-0.39, 0.29) is 24.0 Å². The third-order valence-corrected chi connectivity index (χ3v) is 4.26. The molecule has 132 valence electrons. The SMILES string of the molecule is CCNC(=NCc1ccc(C#N)cc1)NCC1CCCN1CC.I. The first-order chi connectivity index (χ1) is 11.3. The van der Waals surface area contributed by atoms with Crippen LogP contribution < -0.4 is 10.6 Å². The fraction of sp³-hybridized carbons (Fsp3) is 0.556. The minimum atomic E-state index is 0. The molecule has 1 aliphatic heterocycles. The lowest BCUT2D eigenvalue weighted by molar-refractivity contribution is 0.267. The van der Waals surface area contributed by atoms with Crippen LogP contribution in [0.1, 0.15) is 37.8 Å². The van der Waals surface area contributed by atoms with Crippen LogP contribution in [0.4, 0.5) is 0 Å². The number of guanidine groups is 1. The lowest BCUT2D eigenvalue weighted by Gasteiger charge is -2.24. The summed E-state index contributed by atoms with van der Waals surface area (Å²) in [6.45, 7) is 9.03. The molecule has 1 aromatic rings. The number of halogens is 1. The van der Waals surface area contributed by atoms with E-state index in [2.05, 4.69) is 40.4 Å². The number of hydrogen-bond acceptors (Lipinski definition) is 3. The first kappa shape index (κ1) is 20.7. The smallest absolute Gasteiger partial charge is 0.191 e.